The first-order chi connectivity index (χ1) is 15.5. The van der Waals surface area contributed by atoms with Crippen molar-refractivity contribution in [1.29, 1.82) is 0 Å². The molecule has 0 unspecified atom stereocenters. The number of furan rings is 1. The Labute approximate surface area is 183 Å². The van der Waals surface area contributed by atoms with Crippen LogP contribution in [0.15, 0.2) is 65.2 Å². The zero-order chi connectivity index (χ0) is 21.9. The molecule has 0 aliphatic heterocycles. The van der Waals surface area contributed by atoms with Crippen molar-refractivity contribution in [3.8, 4) is 11.3 Å². The minimum Gasteiger partial charge on any atom is -0.437 e. The van der Waals surface area contributed by atoms with Crippen molar-refractivity contribution in [2.45, 2.75) is 44.9 Å². The van der Waals surface area contributed by atoms with E-state index in [1.54, 1.807) is 0 Å². The molecule has 1 fully saturated rings. The minimum atomic E-state index is -0.459. The van der Waals surface area contributed by atoms with E-state index in [4.69, 9.17) is 10.8 Å². The second-order valence-electron chi connectivity index (χ2n) is 8.85. The van der Waals surface area contributed by atoms with E-state index < -0.39 is 5.89 Å². The van der Waals surface area contributed by atoms with E-state index in [1.807, 2.05) is 18.2 Å². The predicted molar refractivity (Wildman–Crippen MR) is 126 cm³/mol. The monoisotopic (exact) mass is 408 g/mol. The molecule has 3 heteroatoms. The highest BCUT2D eigenvalue weighted by molar-refractivity contribution is 6.11. The first kappa shape index (κ1) is 17.5. The summed E-state index contributed by atoms with van der Waals surface area (Å²) in [5.41, 5.74) is 6.98. The number of fused-ring (bicyclic) bond motifs is 4. The lowest BCUT2D eigenvalue weighted by Gasteiger charge is -2.21. The highest BCUT2D eigenvalue weighted by Crippen LogP contribution is 2.38. The lowest BCUT2D eigenvalue weighted by atomic mass is 9.84. The maximum Gasteiger partial charge on any atom is 0.227 e. The van der Waals surface area contributed by atoms with Gasteiger partial charge in [0.15, 0.2) is 11.8 Å². The summed E-state index contributed by atoms with van der Waals surface area (Å²) in [4.78, 5) is 4.79. The van der Waals surface area contributed by atoms with Gasteiger partial charge in [0.2, 0.25) is 11.4 Å². The number of pyridine rings is 2. The summed E-state index contributed by atoms with van der Waals surface area (Å²) < 4.78 is 17.6. The molecular formula is C28H27N2O+. The fourth-order valence-corrected chi connectivity index (χ4v) is 5.13. The number of nitrogens with zero attached hydrogens (tertiary/aromatic N) is 2. The minimum absolute atomic E-state index is 0.459. The number of benzene rings is 2. The third kappa shape index (κ3) is 3.03. The maximum absolute atomic E-state index is 9.01. The summed E-state index contributed by atoms with van der Waals surface area (Å²) in [6, 6.07) is 19.0. The van der Waals surface area contributed by atoms with Gasteiger partial charge in [-0.2, -0.15) is 0 Å². The van der Waals surface area contributed by atoms with Crippen molar-refractivity contribution < 1.29 is 10.4 Å². The topological polar surface area (TPSA) is 29.9 Å². The molecule has 0 spiro atoms. The Morgan fingerprint density at radius 3 is 2.68 bits per heavy atom. The molecule has 3 nitrogen and oxygen atoms in total. The van der Waals surface area contributed by atoms with Crippen LogP contribution in [0, 0.1) is 6.92 Å². The van der Waals surface area contributed by atoms with E-state index in [2.05, 4.69) is 61.1 Å². The molecule has 3 aromatic heterocycles. The number of aryl methyl sites for hydroxylation is 2. The van der Waals surface area contributed by atoms with Gasteiger partial charge in [0.25, 0.3) is 0 Å². The van der Waals surface area contributed by atoms with Crippen molar-refractivity contribution in [3.63, 3.8) is 0 Å². The summed E-state index contributed by atoms with van der Waals surface area (Å²) in [6.45, 7) is 2.13. The van der Waals surface area contributed by atoms with Gasteiger partial charge < -0.3 is 4.42 Å². The molecule has 0 saturated heterocycles. The first-order valence-electron chi connectivity index (χ1n) is 11.8. The van der Waals surface area contributed by atoms with Crippen LogP contribution in [0.4, 0.5) is 0 Å². The molecule has 0 amide bonds. The average molecular weight is 409 g/mol. The summed E-state index contributed by atoms with van der Waals surface area (Å²) in [5, 5.41) is 3.26. The van der Waals surface area contributed by atoms with E-state index in [-0.39, 0.29) is 0 Å². The largest absolute Gasteiger partial charge is 0.437 e. The van der Waals surface area contributed by atoms with Crippen LogP contribution in [0.25, 0.3) is 44.2 Å². The first-order valence-corrected chi connectivity index (χ1v) is 11.3. The highest BCUT2D eigenvalue weighted by atomic mass is 16.3. The Bertz CT molecular complexity index is 1490. The van der Waals surface area contributed by atoms with Crippen LogP contribution < -0.4 is 4.57 Å². The molecule has 0 radical (unpaired) electrons. The normalized spacial score (nSPS) is 16.8. The molecule has 31 heavy (non-hydrogen) atoms. The van der Waals surface area contributed by atoms with Crippen LogP contribution in [0.2, 0.25) is 0 Å². The molecule has 0 N–H and O–H groups in total. The molecule has 0 bridgehead atoms. The molecule has 2 aromatic carbocycles. The molecule has 1 saturated carbocycles. The Balaban J connectivity index is 1.55. The number of rotatable bonds is 2. The van der Waals surface area contributed by atoms with E-state index >= 15 is 0 Å². The lowest BCUT2D eigenvalue weighted by Crippen LogP contribution is -2.32. The SMILES string of the molecule is [2H]C1(c2ccc(-c3c(C)ccc4c3oc3nc5ccccc5cc34)[n+](C)c2)CCCCC1. The fraction of sp³-hybridized carbons (Fsp3) is 0.286. The van der Waals surface area contributed by atoms with Crippen molar-refractivity contribution in [2.24, 2.45) is 7.05 Å². The number of hydrogen-bond acceptors (Lipinski definition) is 2. The molecule has 1 aliphatic rings. The van der Waals surface area contributed by atoms with Crippen LogP contribution in [-0.2, 0) is 7.05 Å². The molecular weight excluding hydrogens is 380 g/mol. The van der Waals surface area contributed by atoms with Crippen molar-refractivity contribution in [1.82, 2.24) is 4.98 Å². The Morgan fingerprint density at radius 1 is 1.00 bits per heavy atom. The summed E-state index contributed by atoms with van der Waals surface area (Å²) in [5.74, 6) is -0.459. The second-order valence-corrected chi connectivity index (χ2v) is 8.85. The highest BCUT2D eigenvalue weighted by Gasteiger charge is 2.23. The van der Waals surface area contributed by atoms with Crippen molar-refractivity contribution in [3.05, 3.63) is 71.9 Å². The summed E-state index contributed by atoms with van der Waals surface area (Å²) >= 11 is 0. The van der Waals surface area contributed by atoms with Gasteiger partial charge in [-0.05, 0) is 49.4 Å². The van der Waals surface area contributed by atoms with Crippen LogP contribution in [0.1, 0.15) is 50.5 Å². The molecule has 0 atom stereocenters. The van der Waals surface area contributed by atoms with Gasteiger partial charge in [0.1, 0.15) is 7.05 Å². The maximum atomic E-state index is 9.01. The van der Waals surface area contributed by atoms with Gasteiger partial charge in [0.05, 0.1) is 11.1 Å². The van der Waals surface area contributed by atoms with Gasteiger partial charge in [-0.1, -0.05) is 49.6 Å². The molecule has 154 valence electrons. The predicted octanol–water partition coefficient (Wildman–Crippen LogP) is 6.98. The number of para-hydroxylation sites is 1. The van der Waals surface area contributed by atoms with Crippen molar-refractivity contribution >= 4 is 33.0 Å². The smallest absolute Gasteiger partial charge is 0.227 e. The van der Waals surface area contributed by atoms with E-state index in [0.29, 0.717) is 5.71 Å². The second kappa shape index (κ2) is 7.19. The van der Waals surface area contributed by atoms with Gasteiger partial charge in [-0.3, -0.25) is 0 Å². The van der Waals surface area contributed by atoms with Crippen LogP contribution in [-0.4, -0.2) is 4.98 Å². The Hall–Kier alpha value is -3.20. The molecule has 5 aromatic rings. The van der Waals surface area contributed by atoms with Crippen LogP contribution >= 0.6 is 0 Å². The molecule has 1 aliphatic carbocycles. The summed E-state index contributed by atoms with van der Waals surface area (Å²) in [7, 11) is 2.08. The Morgan fingerprint density at radius 2 is 1.84 bits per heavy atom. The van der Waals surface area contributed by atoms with Gasteiger partial charge >= 0.3 is 0 Å². The van der Waals surface area contributed by atoms with E-state index in [9.17, 15) is 0 Å². The quantitative estimate of drug-likeness (QED) is 0.295. The third-order valence-corrected chi connectivity index (χ3v) is 6.80. The van der Waals surface area contributed by atoms with E-state index in [1.165, 1.54) is 12.0 Å². The van der Waals surface area contributed by atoms with Crippen LogP contribution in [0.5, 0.6) is 0 Å². The lowest BCUT2D eigenvalue weighted by molar-refractivity contribution is -0.660. The third-order valence-electron chi connectivity index (χ3n) is 6.80. The van der Waals surface area contributed by atoms with Gasteiger partial charge in [-0.15, -0.1) is 0 Å². The Kier molecular flexibility index (Phi) is 4.06. The van der Waals surface area contributed by atoms with Crippen LogP contribution in [0.3, 0.4) is 0 Å². The fourth-order valence-electron chi connectivity index (χ4n) is 5.13. The zero-order valence-electron chi connectivity index (χ0n) is 19.1. The number of hydrogen-bond donors (Lipinski definition) is 0. The van der Waals surface area contributed by atoms with Crippen molar-refractivity contribution in [2.75, 3.05) is 0 Å². The standard InChI is InChI=1S/C28H27N2O/c1-18-12-14-22-23-16-20-10-6-7-11-24(20)29-28(23)31-27(22)26(18)25-15-13-21(17-30(25)2)19-8-4-3-5-9-19/h6-7,10-17,19H,3-5,8-9H2,1-2H3/q+1/i19D. The summed E-state index contributed by atoms with van der Waals surface area (Å²) in [6.07, 6.45) is 7.59. The van der Waals surface area contributed by atoms with E-state index in [0.717, 1.165) is 69.8 Å². The zero-order valence-corrected chi connectivity index (χ0v) is 18.1. The molecule has 6 rings (SSSR count). The van der Waals surface area contributed by atoms with Gasteiger partial charge in [0, 0.05) is 29.2 Å². The number of aromatic nitrogens is 2. The average Bonchev–Trinajstić information content (AvgIpc) is 3.15. The van der Waals surface area contributed by atoms with Gasteiger partial charge in [-0.25, -0.2) is 9.55 Å². The molecule has 3 heterocycles.